The molecule has 0 saturated heterocycles. The molecule has 2 N–H and O–H groups in total. The van der Waals surface area contributed by atoms with Crippen LogP contribution < -0.4 is 11.3 Å². The van der Waals surface area contributed by atoms with Gasteiger partial charge in [0.15, 0.2) is 0 Å². The van der Waals surface area contributed by atoms with E-state index in [1.807, 2.05) is 12.1 Å². The van der Waals surface area contributed by atoms with Crippen molar-refractivity contribution in [3.8, 4) is 0 Å². The summed E-state index contributed by atoms with van der Waals surface area (Å²) in [6.45, 7) is 0.338. The topological polar surface area (TPSA) is 78.0 Å². The number of benzene rings is 1. The Morgan fingerprint density at radius 2 is 1.78 bits per heavy atom. The van der Waals surface area contributed by atoms with Crippen LogP contribution in [0.2, 0.25) is 0 Å². The Labute approximate surface area is 135 Å². The Morgan fingerprint density at radius 1 is 1.09 bits per heavy atom. The van der Waals surface area contributed by atoms with Crippen molar-refractivity contribution in [2.24, 2.45) is 5.73 Å². The lowest BCUT2D eigenvalue weighted by molar-refractivity contribution is 0.0993. The summed E-state index contributed by atoms with van der Waals surface area (Å²) < 4.78 is 1.27. The third kappa shape index (κ3) is 3.67. The SMILES string of the molecule is NC(=O)c1ccc(=O)n(Cc2ccc(C3CCCCC3)cc2)n1. The molecule has 2 aromatic rings. The van der Waals surface area contributed by atoms with Gasteiger partial charge < -0.3 is 5.73 Å². The molecule has 1 fully saturated rings. The highest BCUT2D eigenvalue weighted by Crippen LogP contribution is 2.32. The third-order valence-electron chi connectivity index (χ3n) is 4.51. The van der Waals surface area contributed by atoms with Crippen LogP contribution in [0.1, 0.15) is 59.6 Å². The van der Waals surface area contributed by atoms with Crippen molar-refractivity contribution in [2.75, 3.05) is 0 Å². The number of hydrogen-bond donors (Lipinski definition) is 1. The first-order chi connectivity index (χ1) is 11.1. The lowest BCUT2D eigenvalue weighted by Gasteiger charge is -2.22. The summed E-state index contributed by atoms with van der Waals surface area (Å²) in [6.07, 6.45) is 6.50. The zero-order chi connectivity index (χ0) is 16.2. The Hall–Kier alpha value is -2.43. The van der Waals surface area contributed by atoms with Crippen LogP contribution in [0, 0.1) is 0 Å². The van der Waals surface area contributed by atoms with E-state index in [9.17, 15) is 9.59 Å². The maximum absolute atomic E-state index is 11.9. The summed E-state index contributed by atoms with van der Waals surface area (Å²) in [5.41, 5.74) is 7.43. The quantitative estimate of drug-likeness (QED) is 0.942. The second kappa shape index (κ2) is 6.77. The van der Waals surface area contributed by atoms with Crippen LogP contribution >= 0.6 is 0 Å². The molecule has 1 aromatic carbocycles. The van der Waals surface area contributed by atoms with Crippen molar-refractivity contribution < 1.29 is 4.79 Å². The average Bonchev–Trinajstić information content (AvgIpc) is 2.58. The van der Waals surface area contributed by atoms with Gasteiger partial charge in [-0.3, -0.25) is 9.59 Å². The summed E-state index contributed by atoms with van der Waals surface area (Å²) in [5, 5.41) is 4.01. The van der Waals surface area contributed by atoms with E-state index in [4.69, 9.17) is 5.73 Å². The van der Waals surface area contributed by atoms with Crippen molar-refractivity contribution >= 4 is 5.91 Å². The number of aromatic nitrogens is 2. The maximum Gasteiger partial charge on any atom is 0.269 e. The van der Waals surface area contributed by atoms with Crippen molar-refractivity contribution in [3.63, 3.8) is 0 Å². The van der Waals surface area contributed by atoms with Crippen LogP contribution in [-0.4, -0.2) is 15.7 Å². The third-order valence-corrected chi connectivity index (χ3v) is 4.51. The predicted octanol–water partition coefficient (Wildman–Crippen LogP) is 2.44. The Bertz CT molecular complexity index is 744. The molecule has 0 unspecified atom stereocenters. The van der Waals surface area contributed by atoms with Crippen LogP contribution in [0.15, 0.2) is 41.2 Å². The van der Waals surface area contributed by atoms with Gasteiger partial charge in [-0.15, -0.1) is 0 Å². The van der Waals surface area contributed by atoms with E-state index in [1.165, 1.54) is 54.5 Å². The molecule has 3 rings (SSSR count). The van der Waals surface area contributed by atoms with Crippen molar-refractivity contribution in [2.45, 2.75) is 44.6 Å². The van der Waals surface area contributed by atoms with E-state index in [1.54, 1.807) is 0 Å². The second-order valence-electron chi connectivity index (χ2n) is 6.16. The molecule has 0 aliphatic heterocycles. The summed E-state index contributed by atoms with van der Waals surface area (Å²) in [6, 6.07) is 11.0. The normalized spacial score (nSPS) is 15.5. The van der Waals surface area contributed by atoms with Crippen LogP contribution in [0.25, 0.3) is 0 Å². The fraction of sp³-hybridized carbons (Fsp3) is 0.389. The zero-order valence-electron chi connectivity index (χ0n) is 13.1. The molecule has 120 valence electrons. The average molecular weight is 311 g/mol. The summed E-state index contributed by atoms with van der Waals surface area (Å²) in [5.74, 6) is 0.0308. The Morgan fingerprint density at radius 3 is 2.43 bits per heavy atom. The fourth-order valence-corrected chi connectivity index (χ4v) is 3.20. The molecule has 0 bridgehead atoms. The molecule has 1 aliphatic rings. The molecule has 1 amide bonds. The van der Waals surface area contributed by atoms with Crippen LogP contribution in [0.3, 0.4) is 0 Å². The van der Waals surface area contributed by atoms with Crippen LogP contribution in [0.4, 0.5) is 0 Å². The molecule has 1 heterocycles. The maximum atomic E-state index is 11.9. The first-order valence-electron chi connectivity index (χ1n) is 8.10. The predicted molar refractivity (Wildman–Crippen MR) is 88.4 cm³/mol. The minimum atomic E-state index is -0.633. The van der Waals surface area contributed by atoms with Crippen molar-refractivity contribution in [1.82, 2.24) is 9.78 Å². The van der Waals surface area contributed by atoms with Gasteiger partial charge >= 0.3 is 0 Å². The number of hydrogen-bond acceptors (Lipinski definition) is 3. The first-order valence-corrected chi connectivity index (χ1v) is 8.10. The van der Waals surface area contributed by atoms with Gasteiger partial charge in [-0.25, -0.2) is 4.68 Å². The van der Waals surface area contributed by atoms with E-state index in [0.29, 0.717) is 12.5 Å². The summed E-state index contributed by atoms with van der Waals surface area (Å²) in [7, 11) is 0. The number of amides is 1. The molecule has 1 aliphatic carbocycles. The number of carbonyl (C=O) groups is 1. The van der Waals surface area contributed by atoms with E-state index in [0.717, 1.165) is 5.56 Å². The highest BCUT2D eigenvalue weighted by atomic mass is 16.1. The van der Waals surface area contributed by atoms with Gasteiger partial charge in [-0.1, -0.05) is 43.5 Å². The van der Waals surface area contributed by atoms with Crippen molar-refractivity contribution in [1.29, 1.82) is 0 Å². The van der Waals surface area contributed by atoms with Crippen LogP contribution in [0.5, 0.6) is 0 Å². The molecule has 0 radical (unpaired) electrons. The highest BCUT2D eigenvalue weighted by Gasteiger charge is 2.15. The van der Waals surface area contributed by atoms with Gasteiger partial charge in [0.1, 0.15) is 5.69 Å². The van der Waals surface area contributed by atoms with Gasteiger partial charge in [0.2, 0.25) is 0 Å². The molecule has 1 aromatic heterocycles. The molecule has 1 saturated carbocycles. The monoisotopic (exact) mass is 311 g/mol. The minimum absolute atomic E-state index is 0.100. The Kier molecular flexibility index (Phi) is 4.55. The number of nitrogens with two attached hydrogens (primary N) is 1. The van der Waals surface area contributed by atoms with Gasteiger partial charge in [-0.05, 0) is 36.0 Å². The number of primary amides is 1. The van der Waals surface area contributed by atoms with E-state index < -0.39 is 5.91 Å². The minimum Gasteiger partial charge on any atom is -0.364 e. The molecule has 0 spiro atoms. The number of rotatable bonds is 4. The molecule has 5 heteroatoms. The van der Waals surface area contributed by atoms with Crippen LogP contribution in [-0.2, 0) is 6.54 Å². The fourth-order valence-electron chi connectivity index (χ4n) is 3.20. The molecule has 0 atom stereocenters. The largest absolute Gasteiger partial charge is 0.364 e. The molecular weight excluding hydrogens is 290 g/mol. The van der Waals surface area contributed by atoms with Gasteiger partial charge in [-0.2, -0.15) is 5.10 Å². The smallest absolute Gasteiger partial charge is 0.269 e. The van der Waals surface area contributed by atoms with E-state index in [-0.39, 0.29) is 11.3 Å². The Balaban J connectivity index is 1.77. The molecule has 5 nitrogen and oxygen atoms in total. The van der Waals surface area contributed by atoms with Gasteiger partial charge in [0.25, 0.3) is 11.5 Å². The van der Waals surface area contributed by atoms with E-state index >= 15 is 0 Å². The summed E-state index contributed by atoms with van der Waals surface area (Å²) in [4.78, 5) is 23.0. The van der Waals surface area contributed by atoms with Crippen molar-refractivity contribution in [3.05, 3.63) is 63.6 Å². The molecule has 23 heavy (non-hydrogen) atoms. The lowest BCUT2D eigenvalue weighted by atomic mass is 9.84. The van der Waals surface area contributed by atoms with Gasteiger partial charge in [0.05, 0.1) is 6.54 Å². The summed E-state index contributed by atoms with van der Waals surface area (Å²) >= 11 is 0. The lowest BCUT2D eigenvalue weighted by Crippen LogP contribution is -2.26. The highest BCUT2D eigenvalue weighted by molar-refractivity contribution is 5.90. The van der Waals surface area contributed by atoms with E-state index in [2.05, 4.69) is 17.2 Å². The second-order valence-corrected chi connectivity index (χ2v) is 6.16. The molecular formula is C18H21N3O2. The zero-order valence-corrected chi connectivity index (χ0v) is 13.1. The number of carbonyl (C=O) groups excluding carboxylic acids is 1. The standard InChI is InChI=1S/C18H21N3O2/c19-18(23)16-10-11-17(22)21(20-16)12-13-6-8-15(9-7-13)14-4-2-1-3-5-14/h6-11,14H,1-5,12H2,(H2,19,23). The number of nitrogens with zero attached hydrogens (tertiary/aromatic N) is 2. The first kappa shape index (κ1) is 15.5. The van der Waals surface area contributed by atoms with Gasteiger partial charge in [0, 0.05) is 6.07 Å².